The highest BCUT2D eigenvalue weighted by molar-refractivity contribution is 6.32. The quantitative estimate of drug-likeness (QED) is 0.464. The number of rotatable bonds is 10. The standard InChI is InChI=1S/C24H31ClN6O3/c1-17-14-20(27-31(17)21-9-6-5-8-19(21)25)23(34)29(16-24(2,3)4)13-11-18-15-30(28-26-18)12-7-10-22(32)33/h5-6,8-9,14-15H,7,10-13,16H2,1-4H3,(H,32,33). The number of carboxylic acid groups (broad SMARTS) is 1. The Hall–Kier alpha value is -3.20. The highest BCUT2D eigenvalue weighted by Crippen LogP contribution is 2.23. The summed E-state index contributed by atoms with van der Waals surface area (Å²) in [6.45, 7) is 9.64. The molecule has 0 aliphatic heterocycles. The summed E-state index contributed by atoms with van der Waals surface area (Å²) in [4.78, 5) is 25.9. The fraction of sp³-hybridized carbons (Fsp3) is 0.458. The number of amides is 1. The largest absolute Gasteiger partial charge is 0.481 e. The molecule has 0 atom stereocenters. The second-order valence-corrected chi connectivity index (χ2v) is 9.95. The molecular weight excluding hydrogens is 456 g/mol. The lowest BCUT2D eigenvalue weighted by Crippen LogP contribution is -2.39. The molecule has 3 aromatic rings. The van der Waals surface area contributed by atoms with Crippen LogP contribution in [-0.4, -0.2) is 59.7 Å². The van der Waals surface area contributed by atoms with Crippen molar-refractivity contribution in [3.05, 3.63) is 58.6 Å². The Morgan fingerprint density at radius 2 is 1.94 bits per heavy atom. The molecule has 0 aliphatic carbocycles. The Kier molecular flexibility index (Phi) is 8.09. The number of hydrogen-bond donors (Lipinski definition) is 1. The molecule has 10 heteroatoms. The van der Waals surface area contributed by atoms with E-state index >= 15 is 0 Å². The van der Waals surface area contributed by atoms with Crippen LogP contribution in [0.25, 0.3) is 5.69 Å². The molecule has 0 radical (unpaired) electrons. The third kappa shape index (κ3) is 6.90. The van der Waals surface area contributed by atoms with Crippen molar-refractivity contribution in [1.29, 1.82) is 0 Å². The minimum absolute atomic E-state index is 0.0866. The predicted molar refractivity (Wildman–Crippen MR) is 129 cm³/mol. The number of benzene rings is 1. The van der Waals surface area contributed by atoms with Crippen molar-refractivity contribution in [3.63, 3.8) is 0 Å². The fourth-order valence-electron chi connectivity index (χ4n) is 3.64. The summed E-state index contributed by atoms with van der Waals surface area (Å²) in [7, 11) is 0. The number of aryl methyl sites for hydroxylation is 2. The average molecular weight is 487 g/mol. The lowest BCUT2D eigenvalue weighted by molar-refractivity contribution is -0.137. The average Bonchev–Trinajstić information content (AvgIpc) is 3.36. The second kappa shape index (κ2) is 10.8. The van der Waals surface area contributed by atoms with Gasteiger partial charge in [0.25, 0.3) is 5.91 Å². The van der Waals surface area contributed by atoms with Gasteiger partial charge in [0.05, 0.1) is 16.4 Å². The van der Waals surface area contributed by atoms with Gasteiger partial charge in [-0.1, -0.05) is 49.7 Å². The predicted octanol–water partition coefficient (Wildman–Crippen LogP) is 4.02. The molecule has 1 aromatic carbocycles. The number of carbonyl (C=O) groups is 2. The molecule has 1 amide bonds. The molecule has 0 aliphatic rings. The van der Waals surface area contributed by atoms with E-state index in [1.54, 1.807) is 32.6 Å². The topological polar surface area (TPSA) is 106 Å². The number of aromatic nitrogens is 5. The van der Waals surface area contributed by atoms with Gasteiger partial charge in [-0.15, -0.1) is 5.10 Å². The maximum atomic E-state index is 13.5. The van der Waals surface area contributed by atoms with Crippen LogP contribution in [0.2, 0.25) is 5.02 Å². The van der Waals surface area contributed by atoms with Gasteiger partial charge >= 0.3 is 5.97 Å². The first-order valence-corrected chi connectivity index (χ1v) is 11.6. The molecule has 0 unspecified atom stereocenters. The van der Waals surface area contributed by atoms with Gasteiger partial charge in [0, 0.05) is 44.4 Å². The number of aliphatic carboxylic acids is 1. The fourth-order valence-corrected chi connectivity index (χ4v) is 3.85. The molecule has 0 fully saturated rings. The Morgan fingerprint density at radius 3 is 2.62 bits per heavy atom. The van der Waals surface area contributed by atoms with E-state index in [0.29, 0.717) is 43.2 Å². The van der Waals surface area contributed by atoms with Gasteiger partial charge < -0.3 is 10.0 Å². The normalized spacial score (nSPS) is 11.6. The highest BCUT2D eigenvalue weighted by Gasteiger charge is 2.25. The zero-order valence-corrected chi connectivity index (χ0v) is 20.8. The van der Waals surface area contributed by atoms with Crippen molar-refractivity contribution < 1.29 is 14.7 Å². The van der Waals surface area contributed by atoms with Crippen LogP contribution in [0, 0.1) is 12.3 Å². The molecule has 0 saturated carbocycles. The molecule has 34 heavy (non-hydrogen) atoms. The number of carboxylic acids is 1. The van der Waals surface area contributed by atoms with Crippen LogP contribution in [-0.2, 0) is 17.8 Å². The summed E-state index contributed by atoms with van der Waals surface area (Å²) in [5.74, 6) is -0.985. The number of carbonyl (C=O) groups excluding carboxylic acids is 1. The molecule has 2 heterocycles. The summed E-state index contributed by atoms with van der Waals surface area (Å²) in [5, 5.41) is 22.1. The first kappa shape index (κ1) is 25.4. The van der Waals surface area contributed by atoms with Crippen LogP contribution in [0.1, 0.15) is 55.5 Å². The van der Waals surface area contributed by atoms with Crippen molar-refractivity contribution in [2.24, 2.45) is 5.41 Å². The van der Waals surface area contributed by atoms with Crippen molar-refractivity contribution >= 4 is 23.5 Å². The molecule has 2 aromatic heterocycles. The van der Waals surface area contributed by atoms with E-state index in [0.717, 1.165) is 17.1 Å². The maximum Gasteiger partial charge on any atom is 0.303 e. The molecule has 0 saturated heterocycles. The lowest BCUT2D eigenvalue weighted by atomic mass is 9.95. The van der Waals surface area contributed by atoms with Gasteiger partial charge in [-0.2, -0.15) is 5.10 Å². The first-order valence-electron chi connectivity index (χ1n) is 11.2. The SMILES string of the molecule is Cc1cc(C(=O)N(CCc2cn(CCCC(=O)O)nn2)CC(C)(C)C)nn1-c1ccccc1Cl. The van der Waals surface area contributed by atoms with Crippen molar-refractivity contribution in [2.45, 2.75) is 53.5 Å². The minimum atomic E-state index is -0.830. The Bertz CT molecular complexity index is 1150. The highest BCUT2D eigenvalue weighted by atomic mass is 35.5. The molecule has 1 N–H and O–H groups in total. The van der Waals surface area contributed by atoms with Crippen molar-refractivity contribution in [3.8, 4) is 5.69 Å². The maximum absolute atomic E-state index is 13.5. The van der Waals surface area contributed by atoms with Crippen LogP contribution in [0.3, 0.4) is 0 Å². The number of para-hydroxylation sites is 1. The van der Waals surface area contributed by atoms with E-state index in [-0.39, 0.29) is 17.7 Å². The van der Waals surface area contributed by atoms with Crippen LogP contribution in [0.4, 0.5) is 0 Å². The summed E-state index contributed by atoms with van der Waals surface area (Å²) >= 11 is 6.34. The van der Waals surface area contributed by atoms with E-state index in [1.165, 1.54) is 0 Å². The number of nitrogens with zero attached hydrogens (tertiary/aromatic N) is 6. The third-order valence-corrected chi connectivity index (χ3v) is 5.46. The minimum Gasteiger partial charge on any atom is -0.481 e. The van der Waals surface area contributed by atoms with Crippen LogP contribution >= 0.6 is 11.6 Å². The van der Waals surface area contributed by atoms with E-state index in [1.807, 2.05) is 25.1 Å². The van der Waals surface area contributed by atoms with E-state index in [4.69, 9.17) is 16.7 Å². The lowest BCUT2D eigenvalue weighted by Gasteiger charge is -2.29. The van der Waals surface area contributed by atoms with E-state index in [2.05, 4.69) is 36.2 Å². The summed E-state index contributed by atoms with van der Waals surface area (Å²) in [6.07, 6.45) is 2.91. The van der Waals surface area contributed by atoms with E-state index < -0.39 is 5.97 Å². The molecule has 9 nitrogen and oxygen atoms in total. The van der Waals surface area contributed by atoms with Crippen LogP contribution < -0.4 is 0 Å². The monoisotopic (exact) mass is 486 g/mol. The Balaban J connectivity index is 1.73. The van der Waals surface area contributed by atoms with Gasteiger partial charge in [-0.05, 0) is 37.0 Å². The molecule has 3 rings (SSSR count). The summed E-state index contributed by atoms with van der Waals surface area (Å²) in [5.41, 5.74) is 2.54. The van der Waals surface area contributed by atoms with Gasteiger partial charge in [0.1, 0.15) is 0 Å². The Morgan fingerprint density at radius 1 is 1.21 bits per heavy atom. The summed E-state index contributed by atoms with van der Waals surface area (Å²) in [6, 6.07) is 9.16. The van der Waals surface area contributed by atoms with Crippen LogP contribution in [0.15, 0.2) is 36.5 Å². The molecule has 0 spiro atoms. The first-order chi connectivity index (χ1) is 16.0. The summed E-state index contributed by atoms with van der Waals surface area (Å²) < 4.78 is 3.33. The van der Waals surface area contributed by atoms with Gasteiger partial charge in [-0.3, -0.25) is 14.3 Å². The zero-order chi connectivity index (χ0) is 24.9. The van der Waals surface area contributed by atoms with Gasteiger partial charge in [0.15, 0.2) is 5.69 Å². The number of halogens is 1. The smallest absolute Gasteiger partial charge is 0.303 e. The third-order valence-electron chi connectivity index (χ3n) is 5.14. The molecular formula is C24H31ClN6O3. The van der Waals surface area contributed by atoms with Crippen molar-refractivity contribution in [2.75, 3.05) is 13.1 Å². The molecule has 182 valence electrons. The van der Waals surface area contributed by atoms with Gasteiger partial charge in [0.2, 0.25) is 0 Å². The van der Waals surface area contributed by atoms with Gasteiger partial charge in [-0.25, -0.2) is 4.68 Å². The second-order valence-electron chi connectivity index (χ2n) is 9.54. The zero-order valence-electron chi connectivity index (χ0n) is 20.0. The van der Waals surface area contributed by atoms with Crippen molar-refractivity contribution in [1.82, 2.24) is 29.7 Å². The van der Waals surface area contributed by atoms with E-state index in [9.17, 15) is 9.59 Å². The Labute approximate surface area is 204 Å². The number of hydrogen-bond acceptors (Lipinski definition) is 5. The van der Waals surface area contributed by atoms with Crippen LogP contribution in [0.5, 0.6) is 0 Å². The molecule has 0 bridgehead atoms.